The molecular formula is C16H27FIN3O2S. The largest absolute Gasteiger partial charge is 0.357 e. The number of nitrogens with one attached hydrogen (secondary N) is 2. The maximum atomic E-state index is 13.1. The molecule has 24 heavy (non-hydrogen) atoms. The number of rotatable bonds is 8. The van der Waals surface area contributed by atoms with E-state index < -0.39 is 9.84 Å². The fraction of sp³-hybridized carbons (Fsp3) is 0.562. The summed E-state index contributed by atoms with van der Waals surface area (Å²) < 4.78 is 36.0. The van der Waals surface area contributed by atoms with Gasteiger partial charge in [-0.1, -0.05) is 13.0 Å². The minimum atomic E-state index is -3.00. The van der Waals surface area contributed by atoms with Crippen LogP contribution < -0.4 is 10.6 Å². The fourth-order valence-electron chi connectivity index (χ4n) is 2.04. The molecule has 138 valence electrons. The first kappa shape index (κ1) is 23.1. The lowest BCUT2D eigenvalue weighted by atomic mass is 10.1. The SMILES string of the molecule is CCNC(=NCCS(=O)(=O)CC)NCCc1ccc(F)cc1C.I. The van der Waals surface area contributed by atoms with Gasteiger partial charge in [0, 0.05) is 18.8 Å². The molecule has 0 saturated carbocycles. The van der Waals surface area contributed by atoms with E-state index in [2.05, 4.69) is 15.6 Å². The Kier molecular flexibility index (Phi) is 11.2. The zero-order valence-corrected chi connectivity index (χ0v) is 17.6. The highest BCUT2D eigenvalue weighted by molar-refractivity contribution is 14.0. The number of sulfone groups is 1. The van der Waals surface area contributed by atoms with E-state index in [-0.39, 0.29) is 47.8 Å². The molecule has 1 aromatic rings. The second kappa shape index (κ2) is 11.6. The highest BCUT2D eigenvalue weighted by Gasteiger charge is 2.06. The van der Waals surface area contributed by atoms with Crippen molar-refractivity contribution < 1.29 is 12.8 Å². The first-order valence-corrected chi connectivity index (χ1v) is 9.67. The van der Waals surface area contributed by atoms with Crippen LogP contribution in [0.3, 0.4) is 0 Å². The van der Waals surface area contributed by atoms with Crippen LogP contribution in [-0.4, -0.2) is 45.5 Å². The summed E-state index contributed by atoms with van der Waals surface area (Å²) in [7, 11) is -3.00. The molecule has 1 rings (SSSR count). The molecule has 1 aromatic carbocycles. The number of aryl methyl sites for hydroxylation is 1. The van der Waals surface area contributed by atoms with Gasteiger partial charge in [-0.05, 0) is 43.5 Å². The molecule has 0 atom stereocenters. The first-order valence-electron chi connectivity index (χ1n) is 7.85. The van der Waals surface area contributed by atoms with Crippen molar-refractivity contribution in [2.75, 3.05) is 31.1 Å². The van der Waals surface area contributed by atoms with Crippen molar-refractivity contribution in [1.29, 1.82) is 0 Å². The smallest absolute Gasteiger partial charge is 0.191 e. The minimum absolute atomic E-state index is 0. The van der Waals surface area contributed by atoms with E-state index in [1.165, 1.54) is 12.1 Å². The molecular weight excluding hydrogens is 444 g/mol. The Morgan fingerprint density at radius 1 is 1.25 bits per heavy atom. The third-order valence-electron chi connectivity index (χ3n) is 3.45. The fourth-order valence-corrected chi connectivity index (χ4v) is 2.70. The van der Waals surface area contributed by atoms with Crippen LogP contribution in [0.5, 0.6) is 0 Å². The lowest BCUT2D eigenvalue weighted by Gasteiger charge is -2.12. The molecule has 0 radical (unpaired) electrons. The average molecular weight is 471 g/mol. The summed E-state index contributed by atoms with van der Waals surface area (Å²) in [5, 5.41) is 6.25. The summed E-state index contributed by atoms with van der Waals surface area (Å²) in [4.78, 5) is 4.27. The predicted molar refractivity (Wildman–Crippen MR) is 109 cm³/mol. The molecule has 0 aliphatic carbocycles. The second-order valence-corrected chi connectivity index (χ2v) is 7.72. The zero-order chi connectivity index (χ0) is 17.3. The third kappa shape index (κ3) is 8.81. The van der Waals surface area contributed by atoms with Gasteiger partial charge in [0.15, 0.2) is 15.8 Å². The van der Waals surface area contributed by atoms with E-state index >= 15 is 0 Å². The standard InChI is InChI=1S/C16H26FN3O2S.HI/c1-4-18-16(20-10-11-23(21,22)5-2)19-9-8-14-6-7-15(17)12-13(14)3;/h6-7,12H,4-5,8-11H2,1-3H3,(H2,18,19,20);1H. The van der Waals surface area contributed by atoms with Gasteiger partial charge in [-0.25, -0.2) is 12.8 Å². The van der Waals surface area contributed by atoms with Crippen LogP contribution in [0, 0.1) is 12.7 Å². The first-order chi connectivity index (χ1) is 10.9. The lowest BCUT2D eigenvalue weighted by molar-refractivity contribution is 0.597. The number of hydrogen-bond donors (Lipinski definition) is 2. The number of hydrogen-bond acceptors (Lipinski definition) is 3. The Morgan fingerprint density at radius 2 is 1.96 bits per heavy atom. The molecule has 0 spiro atoms. The van der Waals surface area contributed by atoms with E-state index in [0.29, 0.717) is 19.0 Å². The van der Waals surface area contributed by atoms with E-state index in [0.717, 1.165) is 17.5 Å². The van der Waals surface area contributed by atoms with E-state index in [4.69, 9.17) is 0 Å². The summed E-state index contributed by atoms with van der Waals surface area (Å²) in [6.07, 6.45) is 0.740. The van der Waals surface area contributed by atoms with Gasteiger partial charge in [0.25, 0.3) is 0 Å². The maximum Gasteiger partial charge on any atom is 0.191 e. The highest BCUT2D eigenvalue weighted by Crippen LogP contribution is 2.10. The molecule has 0 unspecified atom stereocenters. The van der Waals surface area contributed by atoms with Crippen molar-refractivity contribution in [2.24, 2.45) is 4.99 Å². The zero-order valence-electron chi connectivity index (χ0n) is 14.4. The average Bonchev–Trinajstić information content (AvgIpc) is 2.49. The van der Waals surface area contributed by atoms with Crippen molar-refractivity contribution in [3.63, 3.8) is 0 Å². The van der Waals surface area contributed by atoms with E-state index in [9.17, 15) is 12.8 Å². The normalized spacial score (nSPS) is 11.8. The molecule has 5 nitrogen and oxygen atoms in total. The summed E-state index contributed by atoms with van der Waals surface area (Å²) in [6.45, 7) is 7.03. The molecule has 2 N–H and O–H groups in total. The van der Waals surface area contributed by atoms with Gasteiger partial charge < -0.3 is 10.6 Å². The van der Waals surface area contributed by atoms with Gasteiger partial charge in [0.05, 0.1) is 12.3 Å². The van der Waals surface area contributed by atoms with Crippen LogP contribution in [0.1, 0.15) is 25.0 Å². The van der Waals surface area contributed by atoms with Crippen LogP contribution >= 0.6 is 24.0 Å². The predicted octanol–water partition coefficient (Wildman–Crippen LogP) is 2.28. The Hall–Kier alpha value is -0.900. The van der Waals surface area contributed by atoms with Crippen molar-refractivity contribution in [3.8, 4) is 0 Å². The molecule has 0 aliphatic rings. The summed E-state index contributed by atoms with van der Waals surface area (Å²) >= 11 is 0. The molecule has 0 bridgehead atoms. The Morgan fingerprint density at radius 3 is 2.54 bits per heavy atom. The second-order valence-electron chi connectivity index (χ2n) is 5.24. The number of guanidine groups is 1. The number of aliphatic imine (C=N–C) groups is 1. The Balaban J connectivity index is 0.00000529. The monoisotopic (exact) mass is 471 g/mol. The Bertz CT molecular complexity index is 636. The van der Waals surface area contributed by atoms with Gasteiger partial charge in [0.2, 0.25) is 0 Å². The number of benzene rings is 1. The Labute approximate surface area is 161 Å². The number of halogens is 2. The van der Waals surface area contributed by atoms with Crippen LogP contribution in [0.15, 0.2) is 23.2 Å². The van der Waals surface area contributed by atoms with Crippen molar-refractivity contribution in [2.45, 2.75) is 27.2 Å². The van der Waals surface area contributed by atoms with Crippen LogP contribution in [-0.2, 0) is 16.3 Å². The van der Waals surface area contributed by atoms with Crippen molar-refractivity contribution in [3.05, 3.63) is 35.1 Å². The van der Waals surface area contributed by atoms with Crippen molar-refractivity contribution >= 4 is 39.8 Å². The summed E-state index contributed by atoms with van der Waals surface area (Å²) in [6, 6.07) is 4.76. The minimum Gasteiger partial charge on any atom is -0.357 e. The summed E-state index contributed by atoms with van der Waals surface area (Å²) in [5.41, 5.74) is 1.99. The van der Waals surface area contributed by atoms with E-state index in [1.807, 2.05) is 13.8 Å². The van der Waals surface area contributed by atoms with Gasteiger partial charge >= 0.3 is 0 Å². The van der Waals surface area contributed by atoms with Gasteiger partial charge in [0.1, 0.15) is 5.82 Å². The molecule has 0 fully saturated rings. The lowest BCUT2D eigenvalue weighted by Crippen LogP contribution is -2.38. The van der Waals surface area contributed by atoms with Crippen LogP contribution in [0.2, 0.25) is 0 Å². The topological polar surface area (TPSA) is 70.6 Å². The maximum absolute atomic E-state index is 13.1. The van der Waals surface area contributed by atoms with Crippen molar-refractivity contribution in [1.82, 2.24) is 10.6 Å². The van der Waals surface area contributed by atoms with Gasteiger partial charge in [-0.3, -0.25) is 4.99 Å². The molecule has 0 aliphatic heterocycles. The van der Waals surface area contributed by atoms with Crippen LogP contribution in [0.4, 0.5) is 4.39 Å². The van der Waals surface area contributed by atoms with E-state index in [1.54, 1.807) is 13.0 Å². The molecule has 0 saturated heterocycles. The van der Waals surface area contributed by atoms with Gasteiger partial charge in [-0.15, -0.1) is 24.0 Å². The molecule has 0 amide bonds. The molecule has 0 heterocycles. The third-order valence-corrected chi connectivity index (χ3v) is 5.13. The highest BCUT2D eigenvalue weighted by atomic mass is 127. The van der Waals surface area contributed by atoms with Crippen LogP contribution in [0.25, 0.3) is 0 Å². The number of nitrogens with zero attached hydrogens (tertiary/aromatic N) is 1. The summed E-state index contributed by atoms with van der Waals surface area (Å²) in [5.74, 6) is 0.554. The van der Waals surface area contributed by atoms with Gasteiger partial charge in [-0.2, -0.15) is 0 Å². The quantitative estimate of drug-likeness (QED) is 0.347. The molecule has 0 aromatic heterocycles. The molecule has 8 heteroatoms.